The van der Waals surface area contributed by atoms with Crippen LogP contribution in [0.15, 0.2) is 47.4 Å². The summed E-state index contributed by atoms with van der Waals surface area (Å²) in [7, 11) is -4.02. The summed E-state index contributed by atoms with van der Waals surface area (Å²) in [5.41, 5.74) is 0.462. The minimum absolute atomic E-state index is 0.0625. The smallest absolute Gasteiger partial charge is 0.299 e. The zero-order valence-electron chi connectivity index (χ0n) is 16.2. The maximum absolute atomic E-state index is 13.2. The monoisotopic (exact) mass is 447 g/mol. The zero-order valence-corrected chi connectivity index (χ0v) is 17.0. The number of alkyl halides is 1. The number of fused-ring (bicyclic) bond motifs is 1. The summed E-state index contributed by atoms with van der Waals surface area (Å²) in [6.07, 6.45) is 0.974. The highest BCUT2D eigenvalue weighted by Crippen LogP contribution is 2.34. The number of nitro benzene ring substituents is 1. The lowest BCUT2D eigenvalue weighted by Crippen LogP contribution is -2.36. The minimum Gasteiger partial charge on any atom is -0.300 e. The lowest BCUT2D eigenvalue weighted by Gasteiger charge is -2.22. The van der Waals surface area contributed by atoms with Gasteiger partial charge in [-0.1, -0.05) is 12.1 Å². The van der Waals surface area contributed by atoms with E-state index < -0.39 is 39.4 Å². The molecule has 0 aliphatic carbocycles. The van der Waals surface area contributed by atoms with E-state index in [4.69, 9.17) is 0 Å². The van der Waals surface area contributed by atoms with E-state index in [2.05, 4.69) is 0 Å². The van der Waals surface area contributed by atoms with Crippen LogP contribution in [0.2, 0.25) is 0 Å². The molecule has 0 bridgehead atoms. The van der Waals surface area contributed by atoms with Crippen LogP contribution >= 0.6 is 0 Å². The number of hydrogen-bond acceptors (Lipinski definition) is 6. The molecule has 2 aromatic carbocycles. The number of ketones is 1. The summed E-state index contributed by atoms with van der Waals surface area (Å²) in [5, 5.41) is 11.0. The summed E-state index contributed by atoms with van der Waals surface area (Å²) in [4.78, 5) is 36.5. The van der Waals surface area contributed by atoms with Crippen LogP contribution < -0.4 is 4.90 Å². The molecule has 0 radical (unpaired) electrons. The molecule has 1 atom stereocenters. The van der Waals surface area contributed by atoms with Crippen molar-refractivity contribution in [2.75, 3.05) is 18.1 Å². The normalized spacial score (nSPS) is 19.1. The van der Waals surface area contributed by atoms with Crippen LogP contribution in [-0.4, -0.2) is 48.6 Å². The first-order valence-electron chi connectivity index (χ1n) is 9.55. The third-order valence-electron chi connectivity index (χ3n) is 5.51. The molecule has 1 saturated heterocycles. The van der Waals surface area contributed by atoms with Gasteiger partial charge >= 0.3 is 0 Å². The molecule has 2 aromatic rings. The van der Waals surface area contributed by atoms with Crippen molar-refractivity contribution in [1.29, 1.82) is 0 Å². The van der Waals surface area contributed by atoms with Crippen LogP contribution in [0, 0.1) is 10.1 Å². The number of benzene rings is 2. The number of sulfonamides is 1. The van der Waals surface area contributed by atoms with Gasteiger partial charge in [0, 0.05) is 18.7 Å². The molecule has 4 rings (SSSR count). The molecule has 11 heteroatoms. The Morgan fingerprint density at radius 2 is 1.94 bits per heavy atom. The van der Waals surface area contributed by atoms with Crippen molar-refractivity contribution in [3.05, 3.63) is 63.7 Å². The van der Waals surface area contributed by atoms with Crippen molar-refractivity contribution < 1.29 is 27.3 Å². The Hall–Kier alpha value is -3.18. The fourth-order valence-electron chi connectivity index (χ4n) is 3.96. The van der Waals surface area contributed by atoms with Gasteiger partial charge in [0.05, 0.1) is 33.7 Å². The lowest BCUT2D eigenvalue weighted by molar-refractivity contribution is -0.384. The van der Waals surface area contributed by atoms with Gasteiger partial charge in [-0.05, 0) is 36.6 Å². The van der Waals surface area contributed by atoms with Crippen LogP contribution in [0.3, 0.4) is 0 Å². The molecule has 0 aromatic heterocycles. The zero-order chi connectivity index (χ0) is 22.3. The predicted octanol–water partition coefficient (Wildman–Crippen LogP) is 2.45. The van der Waals surface area contributed by atoms with E-state index in [1.54, 1.807) is 6.07 Å². The molecule has 0 spiro atoms. The first kappa shape index (κ1) is 21.1. The Kier molecular flexibility index (Phi) is 5.31. The molecule has 31 heavy (non-hydrogen) atoms. The van der Waals surface area contributed by atoms with Crippen molar-refractivity contribution >= 4 is 33.1 Å². The van der Waals surface area contributed by atoms with E-state index in [-0.39, 0.29) is 34.9 Å². The molecule has 0 N–H and O–H groups in total. The van der Waals surface area contributed by atoms with Crippen molar-refractivity contribution in [1.82, 2.24) is 4.31 Å². The quantitative estimate of drug-likeness (QED) is 0.381. The first-order chi connectivity index (χ1) is 14.7. The van der Waals surface area contributed by atoms with Crippen molar-refractivity contribution in [2.24, 2.45) is 0 Å². The van der Waals surface area contributed by atoms with E-state index in [0.717, 1.165) is 15.3 Å². The second-order valence-corrected chi connectivity index (χ2v) is 9.28. The molecule has 1 amide bonds. The summed E-state index contributed by atoms with van der Waals surface area (Å²) in [6, 6.07) is 8.74. The van der Waals surface area contributed by atoms with Crippen LogP contribution in [0.25, 0.3) is 0 Å². The first-order valence-corrected chi connectivity index (χ1v) is 11.0. The number of rotatable bonds is 6. The SMILES string of the molecule is O=C1C(=O)N(Cc2cccc([N+](=O)[O-])c2)c2ccc(S(=O)(=O)N3CCC[C@H]3CF)cc21. The van der Waals surface area contributed by atoms with E-state index >= 15 is 0 Å². The van der Waals surface area contributed by atoms with Crippen LogP contribution in [0.5, 0.6) is 0 Å². The van der Waals surface area contributed by atoms with Crippen LogP contribution in [-0.2, 0) is 21.4 Å². The standard InChI is InChI=1S/C20H18FN3O6S/c21-11-15-5-2-8-23(15)31(29,30)16-6-7-18-17(10-16)19(25)20(26)22(18)12-13-3-1-4-14(9-13)24(27)28/h1,3-4,6-7,9-10,15H,2,5,8,11-12H2/t15-/m0/s1. The second-order valence-electron chi connectivity index (χ2n) is 7.39. The van der Waals surface area contributed by atoms with Crippen molar-refractivity contribution in [3.63, 3.8) is 0 Å². The molecule has 2 heterocycles. The predicted molar refractivity (Wildman–Crippen MR) is 108 cm³/mol. The van der Waals surface area contributed by atoms with Crippen molar-refractivity contribution in [3.8, 4) is 0 Å². The highest BCUT2D eigenvalue weighted by molar-refractivity contribution is 7.89. The Morgan fingerprint density at radius 1 is 1.16 bits per heavy atom. The van der Waals surface area contributed by atoms with Crippen LogP contribution in [0.4, 0.5) is 15.8 Å². The number of Topliss-reactive ketones (excluding diaryl/α,β-unsaturated/α-hetero) is 1. The molecule has 162 valence electrons. The summed E-state index contributed by atoms with van der Waals surface area (Å²) in [5.74, 6) is -1.71. The third-order valence-corrected chi connectivity index (χ3v) is 7.46. The Labute approximate surface area is 177 Å². The molecule has 2 aliphatic heterocycles. The number of halogens is 1. The van der Waals surface area contributed by atoms with Gasteiger partial charge in [-0.3, -0.25) is 19.7 Å². The number of carbonyl (C=O) groups excluding carboxylic acids is 2. The number of nitrogens with zero attached hydrogens (tertiary/aromatic N) is 3. The molecule has 1 fully saturated rings. The van der Waals surface area contributed by atoms with Gasteiger partial charge in [-0.2, -0.15) is 4.31 Å². The van der Waals surface area contributed by atoms with Gasteiger partial charge in [-0.25, -0.2) is 12.8 Å². The fraction of sp³-hybridized carbons (Fsp3) is 0.300. The van der Waals surface area contributed by atoms with E-state index in [9.17, 15) is 32.5 Å². The number of carbonyl (C=O) groups is 2. The number of nitro groups is 1. The number of non-ortho nitro benzene ring substituents is 1. The Balaban J connectivity index is 1.67. The van der Waals surface area contributed by atoms with E-state index in [0.29, 0.717) is 18.4 Å². The van der Waals surface area contributed by atoms with Gasteiger partial charge < -0.3 is 4.90 Å². The number of amides is 1. The molecule has 0 unspecified atom stereocenters. The van der Waals surface area contributed by atoms with Crippen LogP contribution in [0.1, 0.15) is 28.8 Å². The highest BCUT2D eigenvalue weighted by atomic mass is 32.2. The summed E-state index contributed by atoms with van der Waals surface area (Å²) < 4.78 is 40.2. The minimum atomic E-state index is -4.02. The summed E-state index contributed by atoms with van der Waals surface area (Å²) in [6.45, 7) is -0.681. The Morgan fingerprint density at radius 3 is 2.65 bits per heavy atom. The van der Waals surface area contributed by atoms with Gasteiger partial charge in [-0.15, -0.1) is 0 Å². The average molecular weight is 447 g/mol. The van der Waals surface area contributed by atoms with Gasteiger partial charge in [0.1, 0.15) is 6.67 Å². The molecular formula is C20H18FN3O6S. The maximum atomic E-state index is 13.2. The molecular weight excluding hydrogens is 429 g/mol. The van der Waals surface area contributed by atoms with E-state index in [1.807, 2.05) is 0 Å². The van der Waals surface area contributed by atoms with Crippen molar-refractivity contribution in [2.45, 2.75) is 30.3 Å². The lowest BCUT2D eigenvalue weighted by atomic mass is 10.1. The number of anilines is 1. The largest absolute Gasteiger partial charge is 0.300 e. The molecule has 2 aliphatic rings. The maximum Gasteiger partial charge on any atom is 0.299 e. The molecule has 9 nitrogen and oxygen atoms in total. The van der Waals surface area contributed by atoms with Gasteiger partial charge in [0.2, 0.25) is 10.0 Å². The van der Waals surface area contributed by atoms with Gasteiger partial charge in [0.25, 0.3) is 17.4 Å². The molecule has 0 saturated carbocycles. The summed E-state index contributed by atoms with van der Waals surface area (Å²) >= 11 is 0. The fourth-order valence-corrected chi connectivity index (χ4v) is 5.66. The van der Waals surface area contributed by atoms with E-state index in [1.165, 1.54) is 30.3 Å². The highest BCUT2D eigenvalue weighted by Gasteiger charge is 2.39. The topological polar surface area (TPSA) is 118 Å². The van der Waals surface area contributed by atoms with Gasteiger partial charge in [0.15, 0.2) is 0 Å². The number of hydrogen-bond donors (Lipinski definition) is 0. The average Bonchev–Trinajstić information content (AvgIpc) is 3.33. The third kappa shape index (κ3) is 3.59. The Bertz CT molecular complexity index is 1200. The second kappa shape index (κ2) is 7.82.